The van der Waals surface area contributed by atoms with Gasteiger partial charge in [0.15, 0.2) is 69.4 Å². The zero-order valence-corrected chi connectivity index (χ0v) is 61.3. The number of methoxy groups -OCH3 is 6. The number of nitrogens with zero attached hydrogens (tertiary/aromatic N) is 12. The fourth-order valence-corrected chi connectivity index (χ4v) is 9.08. The lowest BCUT2D eigenvalue weighted by Gasteiger charge is -2.23. The van der Waals surface area contributed by atoms with Crippen LogP contribution in [-0.2, 0) is 0 Å². The Kier molecular flexibility index (Phi) is 59.3. The van der Waals surface area contributed by atoms with E-state index in [1.165, 1.54) is 52.3 Å². The Morgan fingerprint density at radius 1 is 0.314 bits per heavy atom. The summed E-state index contributed by atoms with van der Waals surface area (Å²) in [5.41, 5.74) is 33.1. The van der Waals surface area contributed by atoms with Crippen molar-refractivity contribution in [2.24, 2.45) is 5.92 Å². The highest BCUT2D eigenvalue weighted by Crippen LogP contribution is 2.28. The molecule has 0 spiro atoms. The van der Waals surface area contributed by atoms with E-state index in [1.807, 2.05) is 0 Å². The van der Waals surface area contributed by atoms with Gasteiger partial charge in [-0.3, -0.25) is 0 Å². The molecule has 0 fully saturated rings. The molecule has 24 N–H and O–H groups in total. The molecule has 0 aliphatic heterocycles. The fraction of sp³-hybridized carbons (Fsp3) is 0.652. The van der Waals surface area contributed by atoms with Crippen molar-refractivity contribution in [1.82, 2.24) is 59.8 Å². The first-order chi connectivity index (χ1) is 48.6. The molecule has 36 heteroatoms. The van der Waals surface area contributed by atoms with Crippen LogP contribution in [0.15, 0.2) is 37.2 Å². The first-order valence-electron chi connectivity index (χ1n) is 33.9. The monoisotopic (exact) mass is 1490 g/mol. The average molecular weight is 1490 g/mol. The molecule has 7 atom stereocenters. The fourth-order valence-electron chi connectivity index (χ4n) is 9.08. The van der Waals surface area contributed by atoms with Crippen LogP contribution in [0.1, 0.15) is 174 Å². The van der Waals surface area contributed by atoms with Gasteiger partial charge in [-0.15, -0.1) is 0 Å². The molecule has 0 bridgehead atoms. The number of nitrogen functional groups attached to an aromatic ring is 6. The highest BCUT2D eigenvalue weighted by atomic mass is 16.5. The first-order valence-corrected chi connectivity index (χ1v) is 33.9. The van der Waals surface area contributed by atoms with Crippen LogP contribution >= 0.6 is 0 Å². The zero-order chi connectivity index (χ0) is 75.5. The highest BCUT2D eigenvalue weighted by molar-refractivity contribution is 5.56. The number of nitrogens with one attached hydrogen (secondary N) is 6. The van der Waals surface area contributed by atoms with E-state index in [2.05, 4.69) is 140 Å². The smallest absolute Gasteiger partial charge is 0.222 e. The lowest BCUT2D eigenvalue weighted by atomic mass is 10.00. The number of hydrogen-bond acceptors (Lipinski definition) is 36. The Morgan fingerprint density at radius 2 is 0.533 bits per heavy atom. The molecule has 36 nitrogen and oxygen atoms in total. The van der Waals surface area contributed by atoms with Crippen LogP contribution in [0.4, 0.5) is 70.6 Å². The van der Waals surface area contributed by atoms with Crippen molar-refractivity contribution in [2.45, 2.75) is 211 Å². The van der Waals surface area contributed by atoms with Crippen molar-refractivity contribution >= 4 is 70.6 Å². The minimum Gasteiger partial charge on any atom is -0.491 e. The number of aliphatic hydroxyl groups excluding tert-OH is 6. The van der Waals surface area contributed by atoms with Gasteiger partial charge in [0.1, 0.15) is 0 Å². The van der Waals surface area contributed by atoms with Crippen molar-refractivity contribution in [1.29, 1.82) is 0 Å². The standard InChI is InChI=1S/C12H22N4O2.3C11H20N4O2.2C10H18N4O2.4CH4/c1-3-4-5-9(6-7-17)15-11-10(18-2)8-14-12(13)16-11;1-4-7(2)8(6-16)14-10-9(17-3)5-13-11(12)15-10;1-3-4-8(5-6-16)14-10-9(17-2)7-13-11(12)15-10;1-3-4-5-8(7-16)14-10-9(17-2)6-13-11(12)15-10;2*1-3-4-7(6-15)13-9-8(16-2)5-12-10(11)14-9;;;;/h8-9,17H,3-7H2,1-2H3,(H3,13,14,15,16);5,7-8,16H,4,6H2,1-3H3,(H3,12,13,14,15);7-8,16H,3-6H2,1-2H3,(H3,12,13,14,15);6,8,16H,3-5,7H2,1-2H3,(H3,12,13,14,15);2*5,7,15H,3-4,6H2,1-2H3,(H3,11,12,13,14);4*1H4/t9-;7-,8+;2*8-;2*7-;;;;/m000010..../s1. The Hall–Kier alpha value is -9.36. The summed E-state index contributed by atoms with van der Waals surface area (Å²) >= 11 is 0. The van der Waals surface area contributed by atoms with Crippen LogP contribution in [-0.4, -0.2) is 209 Å². The topological polar surface area (TPSA) is 560 Å². The van der Waals surface area contributed by atoms with E-state index in [0.717, 1.165) is 83.5 Å². The maximum atomic E-state index is 9.34. The van der Waals surface area contributed by atoms with Gasteiger partial charge in [-0.2, -0.15) is 29.9 Å². The molecular formula is C69H134N24O12. The van der Waals surface area contributed by atoms with Gasteiger partial charge in [-0.25, -0.2) is 29.9 Å². The van der Waals surface area contributed by atoms with E-state index < -0.39 is 0 Å². The second-order valence-electron chi connectivity index (χ2n) is 22.6. The predicted octanol–water partition coefficient (Wildman–Crippen LogP) is 8.19. The summed E-state index contributed by atoms with van der Waals surface area (Å²) in [4.78, 5) is 47.5. The minimum atomic E-state index is -0.0804. The molecule has 0 amide bonds. The molecule has 0 saturated carbocycles. The number of aliphatic hydroxyl groups is 6. The number of nitrogens with two attached hydrogens (primary N) is 6. The lowest BCUT2D eigenvalue weighted by molar-refractivity contribution is 0.240. The van der Waals surface area contributed by atoms with Crippen molar-refractivity contribution in [2.75, 3.05) is 149 Å². The second kappa shape index (κ2) is 61.0. The minimum absolute atomic E-state index is 0. The highest BCUT2D eigenvalue weighted by Gasteiger charge is 2.20. The average Bonchev–Trinajstić information content (AvgIpc) is 0.854. The van der Waals surface area contributed by atoms with Gasteiger partial charge in [0.05, 0.1) is 130 Å². The maximum Gasteiger partial charge on any atom is 0.222 e. The molecule has 0 saturated heterocycles. The Morgan fingerprint density at radius 3 is 0.743 bits per heavy atom. The molecule has 6 aromatic rings. The lowest BCUT2D eigenvalue weighted by Crippen LogP contribution is -2.31. The third kappa shape index (κ3) is 40.5. The van der Waals surface area contributed by atoms with E-state index in [1.54, 1.807) is 27.5 Å². The molecular weight excluding hydrogens is 1360 g/mol. The normalized spacial score (nSPS) is 12.0. The van der Waals surface area contributed by atoms with Crippen molar-refractivity contribution < 1.29 is 59.1 Å². The van der Waals surface area contributed by atoms with Crippen molar-refractivity contribution in [3.63, 3.8) is 0 Å². The van der Waals surface area contributed by atoms with Crippen molar-refractivity contribution in [3.05, 3.63) is 37.2 Å². The predicted molar refractivity (Wildman–Crippen MR) is 424 cm³/mol. The number of hydrogen-bond donors (Lipinski definition) is 18. The largest absolute Gasteiger partial charge is 0.491 e. The third-order valence-electron chi connectivity index (χ3n) is 14.9. The first kappa shape index (κ1) is 102. The van der Waals surface area contributed by atoms with Crippen LogP contribution in [0.5, 0.6) is 34.5 Å². The summed E-state index contributed by atoms with van der Waals surface area (Å²) in [6.07, 6.45) is 23.2. The molecule has 0 radical (unpaired) electrons. The van der Waals surface area contributed by atoms with Crippen LogP contribution in [0.2, 0.25) is 0 Å². The summed E-state index contributed by atoms with van der Waals surface area (Å²) < 4.78 is 30.8. The number of unbranched alkanes of at least 4 members (excludes halogenated alkanes) is 2. The molecule has 0 aromatic carbocycles. The van der Waals surface area contributed by atoms with Gasteiger partial charge in [-0.05, 0) is 50.9 Å². The Labute approximate surface area is 624 Å². The number of rotatable bonds is 40. The van der Waals surface area contributed by atoms with Gasteiger partial charge >= 0.3 is 0 Å². The molecule has 0 aliphatic carbocycles. The zero-order valence-electron chi connectivity index (χ0n) is 61.3. The van der Waals surface area contributed by atoms with Crippen LogP contribution in [0.3, 0.4) is 0 Å². The van der Waals surface area contributed by atoms with Crippen LogP contribution in [0, 0.1) is 5.92 Å². The molecule has 602 valence electrons. The second-order valence-corrected chi connectivity index (χ2v) is 22.6. The van der Waals surface area contributed by atoms with E-state index in [9.17, 15) is 20.4 Å². The Balaban J connectivity index is -0.000000579. The van der Waals surface area contributed by atoms with Crippen LogP contribution in [0.25, 0.3) is 0 Å². The molecule has 6 rings (SSSR count). The summed E-state index contributed by atoms with van der Waals surface area (Å²) in [7, 11) is 9.27. The van der Waals surface area contributed by atoms with E-state index >= 15 is 0 Å². The molecule has 105 heavy (non-hydrogen) atoms. The van der Waals surface area contributed by atoms with Crippen LogP contribution < -0.4 is 94.7 Å². The van der Waals surface area contributed by atoms with E-state index in [0.29, 0.717) is 88.2 Å². The number of anilines is 12. The van der Waals surface area contributed by atoms with Gasteiger partial charge in [-0.1, -0.05) is 130 Å². The third-order valence-corrected chi connectivity index (χ3v) is 14.9. The van der Waals surface area contributed by atoms with Gasteiger partial charge in [0, 0.05) is 25.3 Å². The number of ether oxygens (including phenoxy) is 6. The summed E-state index contributed by atoms with van der Waals surface area (Å²) in [5.74, 6) is 7.85. The van der Waals surface area contributed by atoms with E-state index in [4.69, 9.17) is 73.0 Å². The molecule has 0 unspecified atom stereocenters. The summed E-state index contributed by atoms with van der Waals surface area (Å²) in [6.45, 7) is 15.0. The van der Waals surface area contributed by atoms with Gasteiger partial charge in [0.2, 0.25) is 35.7 Å². The molecule has 6 aromatic heterocycles. The SMILES string of the molecule is C.C.C.C.CCCC[C@@H](CCO)Nc1nc(N)ncc1OC.CCCC[C@@H](CO)Nc1nc(N)ncc1OC.CCC[C@@H](CCO)Nc1nc(N)ncc1OC.CCC[C@@H](CO)Nc1nc(N)ncc1OC.CCC[C@H](CO)Nc1nc(N)ncc1OC.CC[C@H](C)[C@@H](CO)Nc1nc(N)ncc1OC. The summed E-state index contributed by atoms with van der Waals surface area (Å²) in [5, 5.41) is 73.9. The Bertz CT molecular complexity index is 3050. The van der Waals surface area contributed by atoms with E-state index in [-0.39, 0.29) is 141 Å². The van der Waals surface area contributed by atoms with Gasteiger partial charge in [0.25, 0.3) is 0 Å². The summed E-state index contributed by atoms with van der Waals surface area (Å²) in [6, 6.07) is 0.106. The number of aromatic nitrogens is 12. The molecule has 0 aliphatic rings. The van der Waals surface area contributed by atoms with Crippen molar-refractivity contribution in [3.8, 4) is 34.5 Å². The maximum absolute atomic E-state index is 9.34. The quantitative estimate of drug-likeness (QED) is 0.0172. The molecule has 6 heterocycles. The van der Waals surface area contributed by atoms with Gasteiger partial charge < -0.3 is 125 Å².